The second kappa shape index (κ2) is 9.70. The van der Waals surface area contributed by atoms with Crippen LogP contribution in [-0.2, 0) is 35.3 Å². The molecule has 13 heavy (non-hydrogen) atoms. The smallest absolute Gasteiger partial charge is 0.303 e. The fraction of sp³-hybridized carbons (Fsp3) is 1.00. The van der Waals surface area contributed by atoms with E-state index in [9.17, 15) is 0 Å². The van der Waals surface area contributed by atoms with Gasteiger partial charge in [0, 0.05) is 0 Å². The zero-order chi connectivity index (χ0) is 11.7. The van der Waals surface area contributed by atoms with Crippen molar-refractivity contribution in [2.45, 2.75) is 10.9 Å². The molecule has 6 N–H and O–H groups in total. The molecular weight excluding hydrogens is 415 g/mol. The molecule has 0 fully saturated rings. The maximum atomic E-state index is 8.88. The average Bonchev–Trinajstić information content (AvgIpc) is 1.52. The van der Waals surface area contributed by atoms with Crippen LogP contribution in [0.15, 0.2) is 0 Å². The normalized spacial score (nSPS) is 10.5. The molecule has 0 aliphatic rings. The van der Waals surface area contributed by atoms with E-state index < -0.39 is 15.6 Å². The van der Waals surface area contributed by atoms with Crippen LogP contribution >= 0.6 is 15.6 Å². The maximum absolute atomic E-state index is 8.88. The van der Waals surface area contributed by atoms with Crippen LogP contribution in [0.1, 0.15) is 6.92 Å². The Balaban J connectivity index is -0.000000120. The Bertz CT molecular complexity index is 144. The van der Waals surface area contributed by atoms with E-state index in [4.69, 9.17) is 38.5 Å². The Morgan fingerprint density at radius 1 is 0.923 bits per heavy atom. The van der Waals surface area contributed by atoms with Crippen molar-refractivity contribution in [2.75, 3.05) is 0 Å². The van der Waals surface area contributed by atoms with Crippen molar-refractivity contribution in [3.05, 3.63) is 0 Å². The van der Waals surface area contributed by atoms with Gasteiger partial charge in [0.05, 0.1) is 0 Å². The van der Waals surface area contributed by atoms with E-state index >= 15 is 0 Å². The summed E-state index contributed by atoms with van der Waals surface area (Å²) < 4.78 is 19.2. The van der Waals surface area contributed by atoms with E-state index in [0.717, 1.165) is 26.1 Å². The molecule has 0 aromatic rings. The summed E-state index contributed by atoms with van der Waals surface area (Å²) in [5.41, 5.74) is 0. The summed E-state index contributed by atoms with van der Waals surface area (Å²) in [6.07, 6.45) is 0. The Labute approximate surface area is 91.1 Å². The summed E-state index contributed by atoms with van der Waals surface area (Å²) in [7, 11) is -9.28. The summed E-state index contributed by atoms with van der Waals surface area (Å²) in [6, 6.07) is 0. The minimum Gasteiger partial charge on any atom is -0.303 e. The Morgan fingerprint density at radius 3 is 0.923 bits per heavy atom. The van der Waals surface area contributed by atoms with Crippen molar-refractivity contribution in [3.8, 4) is 0 Å². The molecule has 0 bridgehead atoms. The summed E-state index contributed by atoms with van der Waals surface area (Å²) in [4.78, 5) is 43.1. The van der Waals surface area contributed by atoms with Crippen molar-refractivity contribution in [1.82, 2.24) is 0 Å². The van der Waals surface area contributed by atoms with E-state index in [-0.39, 0.29) is 0 Å². The fourth-order valence-corrected chi connectivity index (χ4v) is 0. The van der Waals surface area contributed by atoms with Crippen LogP contribution in [0.2, 0.25) is 3.93 Å². The molecule has 0 saturated heterocycles. The van der Waals surface area contributed by atoms with Gasteiger partial charge < -0.3 is 29.4 Å². The summed E-state index contributed by atoms with van der Waals surface area (Å²) in [6.45, 7) is 2.21. The molecule has 79 valence electrons. The third-order valence-electron chi connectivity index (χ3n) is 0. The molecule has 0 aliphatic carbocycles. The van der Waals surface area contributed by atoms with Crippen LogP contribution in [0.5, 0.6) is 0 Å². The van der Waals surface area contributed by atoms with E-state index in [1.54, 1.807) is 0 Å². The molecule has 0 unspecified atom stereocenters. The molecule has 0 spiro atoms. The van der Waals surface area contributed by atoms with Crippen LogP contribution in [0.25, 0.3) is 0 Å². The molecular formula is C2H11HgO8P2. The van der Waals surface area contributed by atoms with Gasteiger partial charge in [-0.05, 0) is 0 Å². The number of hydrogen-bond donors (Lipinski definition) is 6. The van der Waals surface area contributed by atoms with Crippen LogP contribution in [0.4, 0.5) is 0 Å². The summed E-state index contributed by atoms with van der Waals surface area (Å²) in [5.74, 6) is 0. The molecule has 0 aliphatic heterocycles. The molecule has 8 nitrogen and oxygen atoms in total. The van der Waals surface area contributed by atoms with E-state index in [1.807, 2.05) is 0 Å². The Kier molecular flexibility index (Phi) is 14.7. The molecule has 0 heterocycles. The van der Waals surface area contributed by atoms with Gasteiger partial charge in [0.2, 0.25) is 0 Å². The quantitative estimate of drug-likeness (QED) is 0.216. The molecule has 0 saturated carbocycles. The van der Waals surface area contributed by atoms with E-state index in [2.05, 4.69) is 6.92 Å². The molecule has 0 radical (unpaired) electrons. The predicted octanol–water partition coefficient (Wildman–Crippen LogP) is -0.886. The molecule has 0 atom stereocenters. The van der Waals surface area contributed by atoms with Gasteiger partial charge in [-0.15, -0.1) is 0 Å². The summed E-state index contributed by atoms with van der Waals surface area (Å²) in [5, 5.41) is 0. The SMILES string of the molecule is C[CH2][Hg].O=P(O)(O)O.O=P(O)(O)O. The average molecular weight is 426 g/mol. The van der Waals surface area contributed by atoms with Crippen LogP contribution < -0.4 is 0 Å². The third-order valence-corrected chi connectivity index (χ3v) is 0. The van der Waals surface area contributed by atoms with Crippen molar-refractivity contribution in [2.24, 2.45) is 0 Å². The van der Waals surface area contributed by atoms with Gasteiger partial charge in [0.1, 0.15) is 0 Å². The van der Waals surface area contributed by atoms with Gasteiger partial charge >= 0.3 is 52.6 Å². The van der Waals surface area contributed by atoms with E-state index in [1.165, 1.54) is 3.93 Å². The van der Waals surface area contributed by atoms with E-state index in [0.29, 0.717) is 0 Å². The van der Waals surface area contributed by atoms with Crippen molar-refractivity contribution in [1.29, 1.82) is 0 Å². The minimum absolute atomic E-state index is 1.07. The largest absolute Gasteiger partial charge is 0.466 e. The van der Waals surface area contributed by atoms with Gasteiger partial charge in [0.25, 0.3) is 0 Å². The molecule has 0 amide bonds. The van der Waals surface area contributed by atoms with Gasteiger partial charge in [-0.1, -0.05) is 0 Å². The van der Waals surface area contributed by atoms with Crippen LogP contribution in [0, 0.1) is 0 Å². The first kappa shape index (κ1) is 19.7. The number of phosphoric acid groups is 2. The monoisotopic (exact) mass is 427 g/mol. The predicted molar refractivity (Wildman–Crippen MR) is 39.0 cm³/mol. The van der Waals surface area contributed by atoms with Gasteiger partial charge in [-0.3, -0.25) is 0 Å². The Hall–Kier alpha value is 1.16. The first-order valence-corrected chi connectivity index (χ1v) is 9.79. The zero-order valence-corrected chi connectivity index (χ0v) is 14.1. The van der Waals surface area contributed by atoms with Crippen molar-refractivity contribution < 1.29 is 64.6 Å². The molecule has 11 heteroatoms. The minimum atomic E-state index is -4.64. The van der Waals surface area contributed by atoms with Crippen molar-refractivity contribution in [3.63, 3.8) is 0 Å². The maximum Gasteiger partial charge on any atom is 0.466 e. The number of hydrogen-bond acceptors (Lipinski definition) is 2. The first-order chi connectivity index (χ1) is 5.41. The molecule has 0 rings (SSSR count). The Morgan fingerprint density at radius 2 is 0.923 bits per heavy atom. The molecule has 0 aromatic carbocycles. The first-order valence-electron chi connectivity index (χ1n) is 2.77. The second-order valence-electron chi connectivity index (χ2n) is 1.53. The van der Waals surface area contributed by atoms with Crippen LogP contribution in [0.3, 0.4) is 0 Å². The fourth-order valence-electron chi connectivity index (χ4n) is 0. The zero-order valence-electron chi connectivity index (χ0n) is 6.81. The standard InChI is InChI=1S/C2H5.Hg.2H3O4P/c1-2;;2*1-5(2,3)4/h1H2,2H3;;2*(H3,1,2,3,4). The number of rotatable bonds is 0. The van der Waals surface area contributed by atoms with Gasteiger partial charge in [-0.25, -0.2) is 9.13 Å². The topological polar surface area (TPSA) is 156 Å². The second-order valence-corrected chi connectivity index (χ2v) is 7.47. The third kappa shape index (κ3) is 1230. The van der Waals surface area contributed by atoms with Crippen LogP contribution in [-0.4, -0.2) is 29.4 Å². The van der Waals surface area contributed by atoms with Gasteiger partial charge in [-0.2, -0.15) is 0 Å². The molecule has 0 aromatic heterocycles. The van der Waals surface area contributed by atoms with Crippen molar-refractivity contribution >= 4 is 15.6 Å². The summed E-state index contributed by atoms with van der Waals surface area (Å²) >= 11 is 1.07. The van der Waals surface area contributed by atoms with Gasteiger partial charge in [0.15, 0.2) is 0 Å².